The molecule has 10 heteroatoms. The van der Waals surface area contributed by atoms with Gasteiger partial charge in [-0.15, -0.1) is 0 Å². The van der Waals surface area contributed by atoms with Crippen molar-refractivity contribution in [3.05, 3.63) is 83.4 Å². The van der Waals surface area contributed by atoms with Crippen molar-refractivity contribution >= 4 is 24.8 Å². The van der Waals surface area contributed by atoms with Gasteiger partial charge in [0.15, 0.2) is 0 Å². The van der Waals surface area contributed by atoms with Gasteiger partial charge in [0.25, 0.3) is 0 Å². The number of nitrogens with zero attached hydrogens (tertiary/aromatic N) is 5. The zero-order chi connectivity index (χ0) is 24.4. The Morgan fingerprint density at radius 2 is 1.80 bits per heavy atom. The highest BCUT2D eigenvalue weighted by atomic mass is 19.4. The number of anilines is 1. The molecule has 178 valence electrons. The first kappa shape index (κ1) is 23.4. The standard InChI is InChI=1S/C25H24BF3N6/c26-21-15-32-35-23(31-14-18-2-1-9-30-13-18)12-22(33-24(21)35)19-7-10-34(11-8-19)16-17-3-5-20(6-4-17)25(27,28)29/h1-6,9,12-13,15,19,31H,7-8,10-11,14,16H2. The average molecular weight is 476 g/mol. The van der Waals surface area contributed by atoms with Crippen LogP contribution in [0.15, 0.2) is 61.1 Å². The molecule has 4 heterocycles. The summed E-state index contributed by atoms with van der Waals surface area (Å²) in [5.74, 6) is 1.08. The summed E-state index contributed by atoms with van der Waals surface area (Å²) in [6.45, 7) is 2.90. The molecule has 1 aliphatic rings. The van der Waals surface area contributed by atoms with E-state index in [1.165, 1.54) is 0 Å². The number of halogens is 3. The van der Waals surface area contributed by atoms with E-state index in [-0.39, 0.29) is 5.92 Å². The van der Waals surface area contributed by atoms with Crippen LogP contribution in [0.25, 0.3) is 5.65 Å². The van der Waals surface area contributed by atoms with Crippen molar-refractivity contribution in [3.63, 3.8) is 0 Å². The summed E-state index contributed by atoms with van der Waals surface area (Å²) in [5, 5.41) is 7.80. The van der Waals surface area contributed by atoms with Gasteiger partial charge in [0.1, 0.15) is 19.3 Å². The summed E-state index contributed by atoms with van der Waals surface area (Å²) in [7, 11) is 6.13. The van der Waals surface area contributed by atoms with Gasteiger partial charge in [0.2, 0.25) is 0 Å². The van der Waals surface area contributed by atoms with E-state index >= 15 is 0 Å². The number of rotatable bonds is 6. The Labute approximate surface area is 202 Å². The zero-order valence-electron chi connectivity index (χ0n) is 19.0. The van der Waals surface area contributed by atoms with Gasteiger partial charge in [-0.1, -0.05) is 18.2 Å². The maximum absolute atomic E-state index is 12.8. The normalized spacial score (nSPS) is 15.5. The van der Waals surface area contributed by atoms with Crippen LogP contribution >= 0.6 is 0 Å². The van der Waals surface area contributed by atoms with E-state index in [1.54, 1.807) is 29.0 Å². The third-order valence-corrected chi connectivity index (χ3v) is 6.41. The summed E-state index contributed by atoms with van der Waals surface area (Å²) in [6, 6.07) is 11.4. The summed E-state index contributed by atoms with van der Waals surface area (Å²) < 4.78 is 40.1. The van der Waals surface area contributed by atoms with E-state index in [2.05, 4.69) is 20.3 Å². The smallest absolute Gasteiger partial charge is 0.366 e. The number of benzene rings is 1. The van der Waals surface area contributed by atoms with Gasteiger partial charge in [-0.05, 0) is 60.7 Å². The Morgan fingerprint density at radius 3 is 2.49 bits per heavy atom. The molecule has 1 fully saturated rings. The van der Waals surface area contributed by atoms with Crippen LogP contribution in [-0.4, -0.2) is 45.4 Å². The van der Waals surface area contributed by atoms with Crippen molar-refractivity contribution in [1.82, 2.24) is 24.5 Å². The maximum atomic E-state index is 12.8. The largest absolute Gasteiger partial charge is 0.416 e. The first-order valence-electron chi connectivity index (χ1n) is 11.5. The molecule has 35 heavy (non-hydrogen) atoms. The minimum absolute atomic E-state index is 0.261. The molecule has 4 aromatic rings. The quantitative estimate of drug-likeness (QED) is 0.428. The molecule has 0 saturated carbocycles. The summed E-state index contributed by atoms with van der Waals surface area (Å²) in [6.07, 6.45) is 2.66. The molecule has 0 aliphatic carbocycles. The van der Waals surface area contributed by atoms with Crippen LogP contribution in [0.5, 0.6) is 0 Å². The first-order chi connectivity index (χ1) is 16.9. The third-order valence-electron chi connectivity index (χ3n) is 6.41. The molecular weight excluding hydrogens is 452 g/mol. The van der Waals surface area contributed by atoms with Gasteiger partial charge in [-0.2, -0.15) is 22.8 Å². The van der Waals surface area contributed by atoms with Gasteiger partial charge in [0.05, 0.1) is 5.56 Å². The molecule has 0 spiro atoms. The lowest BCUT2D eigenvalue weighted by Crippen LogP contribution is -2.32. The monoisotopic (exact) mass is 476 g/mol. The van der Waals surface area contributed by atoms with Gasteiger partial charge in [0, 0.05) is 49.4 Å². The van der Waals surface area contributed by atoms with E-state index < -0.39 is 11.7 Å². The zero-order valence-corrected chi connectivity index (χ0v) is 19.0. The van der Waals surface area contributed by atoms with Crippen molar-refractivity contribution in [2.75, 3.05) is 18.4 Å². The molecule has 0 bridgehead atoms. The Morgan fingerprint density at radius 1 is 1.03 bits per heavy atom. The highest BCUT2D eigenvalue weighted by molar-refractivity contribution is 6.36. The second-order valence-electron chi connectivity index (χ2n) is 8.86. The average Bonchev–Trinajstić information content (AvgIpc) is 3.24. The number of piperidine rings is 1. The van der Waals surface area contributed by atoms with Crippen molar-refractivity contribution in [3.8, 4) is 0 Å². The Hall–Kier alpha value is -3.40. The SMILES string of the molecule is [B]c1cnn2c(NCc3cccnc3)cc(C3CCN(Cc4ccc(C(F)(F)F)cc4)CC3)nc12. The molecule has 1 aliphatic heterocycles. The van der Waals surface area contributed by atoms with Crippen LogP contribution < -0.4 is 10.8 Å². The minimum Gasteiger partial charge on any atom is -0.366 e. The predicted octanol–water partition coefficient (Wildman–Crippen LogP) is 3.93. The van der Waals surface area contributed by atoms with Crippen LogP contribution in [0.1, 0.15) is 41.1 Å². The highest BCUT2D eigenvalue weighted by Crippen LogP contribution is 2.31. The fourth-order valence-electron chi connectivity index (χ4n) is 4.47. The molecule has 0 amide bonds. The molecule has 3 aromatic heterocycles. The number of likely N-dealkylation sites (tertiary alicyclic amines) is 1. The Kier molecular flexibility index (Phi) is 6.47. The fourth-order valence-corrected chi connectivity index (χ4v) is 4.47. The summed E-state index contributed by atoms with van der Waals surface area (Å²) in [5.41, 5.74) is 3.43. The lowest BCUT2D eigenvalue weighted by molar-refractivity contribution is -0.137. The van der Waals surface area contributed by atoms with E-state index in [9.17, 15) is 13.2 Å². The highest BCUT2D eigenvalue weighted by Gasteiger charge is 2.30. The molecule has 6 nitrogen and oxygen atoms in total. The minimum atomic E-state index is -4.31. The van der Waals surface area contributed by atoms with Crippen molar-refractivity contribution in [1.29, 1.82) is 0 Å². The Balaban J connectivity index is 1.26. The van der Waals surface area contributed by atoms with E-state index in [1.807, 2.05) is 24.4 Å². The number of alkyl halides is 3. The number of hydrogen-bond acceptors (Lipinski definition) is 5. The number of fused-ring (bicyclic) bond motifs is 1. The molecule has 2 radical (unpaired) electrons. The topological polar surface area (TPSA) is 58.4 Å². The number of hydrogen-bond donors (Lipinski definition) is 1. The van der Waals surface area contributed by atoms with Crippen LogP contribution in [0, 0.1) is 0 Å². The lowest BCUT2D eigenvalue weighted by atomic mass is 9.92. The lowest BCUT2D eigenvalue weighted by Gasteiger charge is -2.32. The molecular formula is C25H24BF3N6. The van der Waals surface area contributed by atoms with Gasteiger partial charge >= 0.3 is 6.18 Å². The predicted molar refractivity (Wildman–Crippen MR) is 129 cm³/mol. The van der Waals surface area contributed by atoms with Crippen LogP contribution in [0.3, 0.4) is 0 Å². The van der Waals surface area contributed by atoms with Crippen molar-refractivity contribution < 1.29 is 13.2 Å². The van der Waals surface area contributed by atoms with Gasteiger partial charge in [-0.25, -0.2) is 4.98 Å². The first-order valence-corrected chi connectivity index (χ1v) is 11.5. The molecule has 1 N–H and O–H groups in total. The van der Waals surface area contributed by atoms with Gasteiger partial charge in [-0.3, -0.25) is 9.88 Å². The van der Waals surface area contributed by atoms with Crippen molar-refractivity contribution in [2.45, 2.75) is 38.0 Å². The van der Waals surface area contributed by atoms with Crippen LogP contribution in [0.4, 0.5) is 19.0 Å². The molecule has 1 saturated heterocycles. The van der Waals surface area contributed by atoms with Crippen LogP contribution in [0.2, 0.25) is 0 Å². The van der Waals surface area contributed by atoms with Crippen molar-refractivity contribution in [2.24, 2.45) is 0 Å². The Bertz CT molecular complexity index is 1280. The molecule has 0 atom stereocenters. The van der Waals surface area contributed by atoms with E-state index in [0.717, 1.165) is 60.7 Å². The van der Waals surface area contributed by atoms with E-state index in [0.29, 0.717) is 24.2 Å². The number of aromatic nitrogens is 4. The summed E-state index contributed by atoms with van der Waals surface area (Å²) >= 11 is 0. The molecule has 5 rings (SSSR count). The van der Waals surface area contributed by atoms with Gasteiger partial charge < -0.3 is 5.32 Å². The van der Waals surface area contributed by atoms with Crippen LogP contribution in [-0.2, 0) is 19.3 Å². The maximum Gasteiger partial charge on any atom is 0.416 e. The van der Waals surface area contributed by atoms with E-state index in [4.69, 9.17) is 12.8 Å². The number of pyridine rings is 1. The second kappa shape index (κ2) is 9.69. The number of nitrogens with one attached hydrogen (secondary N) is 1. The fraction of sp³-hybridized carbons (Fsp3) is 0.320. The second-order valence-corrected chi connectivity index (χ2v) is 8.86. The molecule has 0 unspecified atom stereocenters. The third kappa shape index (κ3) is 5.32. The summed E-state index contributed by atoms with van der Waals surface area (Å²) in [4.78, 5) is 11.2. The molecule has 1 aromatic carbocycles.